The van der Waals surface area contributed by atoms with E-state index in [9.17, 15) is 0 Å². The van der Waals surface area contributed by atoms with Crippen molar-refractivity contribution in [3.05, 3.63) is 133 Å². The summed E-state index contributed by atoms with van der Waals surface area (Å²) in [4.78, 5) is 17.0. The van der Waals surface area contributed by atoms with Gasteiger partial charge in [-0.1, -0.05) is 102 Å². The minimum atomic E-state index is -0.947. The SMILES string of the molecule is CCCC[SiH](CCCC)c1csc(-c2sc(-c3cccs3)c(-c3cccs3)c2-c2cccs2)c1CC.CCc1ccsc1-c1sc(-c2cccs2)c(-c2cccs2)c1-c1cccs1. The summed E-state index contributed by atoms with van der Waals surface area (Å²) in [6, 6.07) is 32.0. The fourth-order valence-electron chi connectivity index (χ4n) is 8.43. The van der Waals surface area contributed by atoms with Crippen molar-refractivity contribution in [3.63, 3.8) is 0 Å². The summed E-state index contributed by atoms with van der Waals surface area (Å²) < 4.78 is 0. The molecule has 0 amide bonds. The first-order valence-electron chi connectivity index (χ1n) is 21.9. The van der Waals surface area contributed by atoms with Gasteiger partial charge in [0.2, 0.25) is 0 Å². The van der Waals surface area contributed by atoms with Gasteiger partial charge in [0, 0.05) is 61.3 Å². The summed E-state index contributed by atoms with van der Waals surface area (Å²) in [7, 11) is -0.947. The Morgan fingerprint density at radius 3 is 1.17 bits per heavy atom. The van der Waals surface area contributed by atoms with Crippen molar-refractivity contribution in [2.45, 2.75) is 78.3 Å². The van der Waals surface area contributed by atoms with Crippen molar-refractivity contribution in [2.24, 2.45) is 0 Å². The third-order valence-electron chi connectivity index (χ3n) is 11.4. The molecule has 322 valence electrons. The molecule has 0 saturated carbocycles. The third kappa shape index (κ3) is 9.58. The quantitative estimate of drug-likeness (QED) is 0.0798. The maximum absolute atomic E-state index is 2.59. The van der Waals surface area contributed by atoms with Gasteiger partial charge in [-0.2, -0.15) is 0 Å². The number of aryl methyl sites for hydroxylation is 1. The molecule has 10 aromatic heterocycles. The van der Waals surface area contributed by atoms with Crippen LogP contribution < -0.4 is 5.19 Å². The fraction of sp³-hybridized carbons (Fsp3) is 0.231. The molecule has 63 heavy (non-hydrogen) atoms. The van der Waals surface area contributed by atoms with Crippen molar-refractivity contribution >= 4 is 127 Å². The predicted octanol–water partition coefficient (Wildman–Crippen LogP) is 20.5. The highest BCUT2D eigenvalue weighted by molar-refractivity contribution is 7.29. The highest BCUT2D eigenvalue weighted by Crippen LogP contribution is 2.57. The van der Waals surface area contributed by atoms with E-state index in [4.69, 9.17) is 0 Å². The molecule has 10 heterocycles. The normalized spacial score (nSPS) is 11.5. The Morgan fingerprint density at radius 2 is 0.794 bits per heavy atom. The highest BCUT2D eigenvalue weighted by Gasteiger charge is 2.29. The van der Waals surface area contributed by atoms with Crippen molar-refractivity contribution in [3.8, 4) is 80.8 Å². The van der Waals surface area contributed by atoms with E-state index in [1.165, 1.54) is 119 Å². The number of hydrogen-bond donors (Lipinski definition) is 0. The zero-order chi connectivity index (χ0) is 43.1. The van der Waals surface area contributed by atoms with Gasteiger partial charge >= 0.3 is 0 Å². The summed E-state index contributed by atoms with van der Waals surface area (Å²) in [5, 5.41) is 19.8. The van der Waals surface area contributed by atoms with Gasteiger partial charge in [-0.25, -0.2) is 0 Å². The van der Waals surface area contributed by atoms with E-state index in [1.807, 2.05) is 113 Å². The van der Waals surface area contributed by atoms with E-state index in [0.29, 0.717) is 0 Å². The first kappa shape index (κ1) is 45.4. The molecule has 0 radical (unpaired) electrons. The Labute approximate surface area is 415 Å². The second-order valence-electron chi connectivity index (χ2n) is 15.3. The molecule has 10 aromatic rings. The first-order valence-corrected chi connectivity index (χ1v) is 32.7. The Bertz CT molecular complexity index is 2860. The standard InChI is InChI=1S/C30H34S5Si.C22H16S5/c1-4-7-18-36(19-8-5-2)25-20-34-28(21(25)6-3)30-27(23-13-10-16-32-23)26(22-12-9-15-31-22)29(35-30)24-14-11-17-33-24;1-2-14-9-13-26-20(14)22-19(16-7-4-11-24-16)18(15-6-3-10-23-15)21(27-22)17-8-5-12-25-17/h9-17,20,36H,4-8,18-19H2,1-3H3;3-13H,2H2,1H3. The number of thiophene rings is 10. The molecule has 0 bridgehead atoms. The molecule has 10 rings (SSSR count). The molecule has 0 saturated heterocycles. The molecule has 0 aromatic carbocycles. The van der Waals surface area contributed by atoms with Crippen LogP contribution in [0.25, 0.3) is 80.8 Å². The zero-order valence-electron chi connectivity index (χ0n) is 35.9. The van der Waals surface area contributed by atoms with Crippen molar-refractivity contribution in [1.29, 1.82) is 0 Å². The minimum absolute atomic E-state index is 0.947. The first-order chi connectivity index (χ1) is 31.1. The lowest BCUT2D eigenvalue weighted by Gasteiger charge is -2.16. The molecule has 11 heteroatoms. The fourth-order valence-corrected chi connectivity index (χ4v) is 23.3. The second-order valence-corrected chi connectivity index (χ2v) is 28.0. The molecule has 0 N–H and O–H groups in total. The van der Waals surface area contributed by atoms with Gasteiger partial charge in [0.15, 0.2) is 0 Å². The molecule has 0 atom stereocenters. The van der Waals surface area contributed by atoms with Gasteiger partial charge in [-0.05, 0) is 115 Å². The van der Waals surface area contributed by atoms with Gasteiger partial charge in [-0.15, -0.1) is 113 Å². The maximum atomic E-state index is 2.59. The van der Waals surface area contributed by atoms with E-state index in [2.05, 4.69) is 150 Å². The van der Waals surface area contributed by atoms with E-state index < -0.39 is 8.80 Å². The smallest absolute Gasteiger partial charge is 0.0723 e. The van der Waals surface area contributed by atoms with Crippen LogP contribution in [0.5, 0.6) is 0 Å². The molecular weight excluding hydrogens is 973 g/mol. The van der Waals surface area contributed by atoms with Crippen LogP contribution in [-0.4, -0.2) is 8.80 Å². The van der Waals surface area contributed by atoms with Crippen LogP contribution in [0.1, 0.15) is 64.5 Å². The zero-order valence-corrected chi connectivity index (χ0v) is 45.3. The number of unbranched alkanes of at least 4 members (excludes halogenated alkanes) is 2. The average Bonchev–Trinajstić information content (AvgIpc) is 4.16. The van der Waals surface area contributed by atoms with Gasteiger partial charge in [0.05, 0.1) is 28.3 Å². The molecule has 0 fully saturated rings. The Morgan fingerprint density at radius 1 is 0.381 bits per heavy atom. The molecule has 0 aliphatic carbocycles. The van der Waals surface area contributed by atoms with Gasteiger partial charge < -0.3 is 0 Å². The Balaban J connectivity index is 0.000000166. The largest absolute Gasteiger partial charge is 0.144 e. The Hall–Kier alpha value is -2.78. The van der Waals surface area contributed by atoms with Crippen LogP contribution in [0.4, 0.5) is 0 Å². The minimum Gasteiger partial charge on any atom is -0.144 e. The maximum Gasteiger partial charge on any atom is 0.0723 e. The molecule has 0 spiro atoms. The summed E-state index contributed by atoms with van der Waals surface area (Å²) >= 11 is 19.0. The summed E-state index contributed by atoms with van der Waals surface area (Å²) in [5.74, 6) is 0. The van der Waals surface area contributed by atoms with Crippen LogP contribution in [0, 0.1) is 0 Å². The van der Waals surface area contributed by atoms with E-state index in [-0.39, 0.29) is 0 Å². The van der Waals surface area contributed by atoms with Crippen LogP contribution >= 0.6 is 113 Å². The van der Waals surface area contributed by atoms with Crippen molar-refractivity contribution in [1.82, 2.24) is 0 Å². The van der Waals surface area contributed by atoms with E-state index >= 15 is 0 Å². The van der Waals surface area contributed by atoms with Crippen molar-refractivity contribution in [2.75, 3.05) is 0 Å². The highest BCUT2D eigenvalue weighted by atomic mass is 32.1. The van der Waals surface area contributed by atoms with Crippen LogP contribution in [0.15, 0.2) is 122 Å². The second kappa shape index (κ2) is 21.7. The number of rotatable bonds is 17. The average molecular weight is 1020 g/mol. The molecule has 0 unspecified atom stereocenters. The van der Waals surface area contributed by atoms with Gasteiger partial charge in [0.1, 0.15) is 0 Å². The molecule has 0 nitrogen and oxygen atoms in total. The van der Waals surface area contributed by atoms with Gasteiger partial charge in [0.25, 0.3) is 0 Å². The monoisotopic (exact) mass is 1020 g/mol. The lowest BCUT2D eigenvalue weighted by molar-refractivity contribution is 0.845. The topological polar surface area (TPSA) is 0 Å². The molecule has 0 aliphatic rings. The van der Waals surface area contributed by atoms with E-state index in [0.717, 1.165) is 12.8 Å². The lowest BCUT2D eigenvalue weighted by atomic mass is 10.0. The summed E-state index contributed by atoms with van der Waals surface area (Å²) in [6.07, 6.45) is 7.62. The van der Waals surface area contributed by atoms with Crippen LogP contribution in [-0.2, 0) is 12.8 Å². The lowest BCUT2D eigenvalue weighted by Crippen LogP contribution is -2.31. The Kier molecular flexibility index (Phi) is 15.6. The van der Waals surface area contributed by atoms with Crippen LogP contribution in [0.2, 0.25) is 12.1 Å². The van der Waals surface area contributed by atoms with Gasteiger partial charge in [-0.3, -0.25) is 0 Å². The third-order valence-corrected chi connectivity index (χ3v) is 25.6. The van der Waals surface area contributed by atoms with Crippen molar-refractivity contribution < 1.29 is 0 Å². The summed E-state index contributed by atoms with van der Waals surface area (Å²) in [5.41, 5.74) is 8.85. The summed E-state index contributed by atoms with van der Waals surface area (Å²) in [6.45, 7) is 9.34. The number of hydrogen-bond acceptors (Lipinski definition) is 10. The predicted molar refractivity (Wildman–Crippen MR) is 300 cm³/mol. The molecule has 0 aliphatic heterocycles. The van der Waals surface area contributed by atoms with Crippen LogP contribution in [0.3, 0.4) is 0 Å². The molecular formula is C52H50S10Si. The van der Waals surface area contributed by atoms with E-state index in [1.54, 1.807) is 15.6 Å².